The number of hydrogen-bond donors (Lipinski definition) is 2. The van der Waals surface area contributed by atoms with E-state index in [9.17, 15) is 5.11 Å². The molecule has 0 unspecified atom stereocenters. The Balaban J connectivity index is 1.84. The van der Waals surface area contributed by atoms with Crippen LogP contribution in [-0.2, 0) is 11.3 Å². The van der Waals surface area contributed by atoms with Gasteiger partial charge < -0.3 is 15.2 Å². The van der Waals surface area contributed by atoms with Gasteiger partial charge in [-0.25, -0.2) is 0 Å². The van der Waals surface area contributed by atoms with Crippen molar-refractivity contribution in [2.45, 2.75) is 31.5 Å². The van der Waals surface area contributed by atoms with Gasteiger partial charge in [-0.2, -0.15) is 0 Å². The molecule has 0 amide bonds. The van der Waals surface area contributed by atoms with Gasteiger partial charge in [-0.3, -0.25) is 0 Å². The summed E-state index contributed by atoms with van der Waals surface area (Å²) in [5.74, 6) is 0.180. The highest BCUT2D eigenvalue weighted by Crippen LogP contribution is 2.28. The number of methoxy groups -OCH3 is 1. The van der Waals surface area contributed by atoms with E-state index < -0.39 is 0 Å². The number of aromatic hydroxyl groups is 1. The monoisotopic (exact) mass is 241 g/mol. The molecule has 1 fully saturated rings. The largest absolute Gasteiger partial charge is 0.506 e. The van der Waals surface area contributed by atoms with Crippen molar-refractivity contribution in [3.63, 3.8) is 0 Å². The average molecular weight is 242 g/mol. The molecule has 1 saturated carbocycles. The molecule has 1 aromatic carbocycles. The lowest BCUT2D eigenvalue weighted by atomic mass is 9.89. The quantitative estimate of drug-likeness (QED) is 0.850. The summed E-state index contributed by atoms with van der Waals surface area (Å²) in [6.45, 7) is 0.646. The molecule has 2 N–H and O–H groups in total. The molecule has 88 valence electrons. The Morgan fingerprint density at radius 2 is 2.25 bits per heavy atom. The minimum atomic E-state index is 0.180. The minimum Gasteiger partial charge on any atom is -0.506 e. The molecule has 1 aromatic rings. The summed E-state index contributed by atoms with van der Waals surface area (Å²) >= 11 is 5.82. The molecule has 0 heterocycles. The molecule has 1 aliphatic rings. The number of halogens is 1. The summed E-state index contributed by atoms with van der Waals surface area (Å²) in [4.78, 5) is 0. The molecular weight excluding hydrogens is 226 g/mol. The van der Waals surface area contributed by atoms with Gasteiger partial charge in [-0.15, -0.1) is 0 Å². The Hall–Kier alpha value is -0.770. The summed E-state index contributed by atoms with van der Waals surface area (Å²) < 4.78 is 5.20. The van der Waals surface area contributed by atoms with Crippen molar-refractivity contribution < 1.29 is 9.84 Å². The van der Waals surface area contributed by atoms with Crippen molar-refractivity contribution in [2.75, 3.05) is 7.11 Å². The highest BCUT2D eigenvalue weighted by molar-refractivity contribution is 6.32. The van der Waals surface area contributed by atoms with Gasteiger partial charge in [0.1, 0.15) is 5.75 Å². The van der Waals surface area contributed by atoms with Crippen LogP contribution in [0.3, 0.4) is 0 Å². The second kappa shape index (κ2) is 5.04. The van der Waals surface area contributed by atoms with Crippen molar-refractivity contribution in [1.82, 2.24) is 5.32 Å². The van der Waals surface area contributed by atoms with E-state index in [1.54, 1.807) is 13.2 Å². The Kier molecular flexibility index (Phi) is 3.69. The maximum Gasteiger partial charge on any atom is 0.138 e. The van der Waals surface area contributed by atoms with Gasteiger partial charge in [0.05, 0.1) is 11.1 Å². The van der Waals surface area contributed by atoms with Crippen molar-refractivity contribution in [3.05, 3.63) is 28.8 Å². The van der Waals surface area contributed by atoms with Crippen LogP contribution in [-0.4, -0.2) is 24.4 Å². The third-order valence-electron chi connectivity index (χ3n) is 3.08. The Labute approximate surface area is 100 Å². The van der Waals surface area contributed by atoms with Crippen LogP contribution >= 0.6 is 11.6 Å². The van der Waals surface area contributed by atoms with E-state index in [1.165, 1.54) is 0 Å². The zero-order valence-electron chi connectivity index (χ0n) is 9.24. The summed E-state index contributed by atoms with van der Waals surface area (Å²) in [6, 6.07) is 5.90. The van der Waals surface area contributed by atoms with Crippen LogP contribution in [0.25, 0.3) is 0 Å². The number of ether oxygens (including phenoxy) is 1. The Morgan fingerprint density at radius 3 is 2.94 bits per heavy atom. The van der Waals surface area contributed by atoms with Crippen molar-refractivity contribution in [2.24, 2.45) is 0 Å². The predicted molar refractivity (Wildman–Crippen MR) is 63.8 cm³/mol. The smallest absolute Gasteiger partial charge is 0.138 e. The zero-order valence-corrected chi connectivity index (χ0v) is 10.00. The summed E-state index contributed by atoms with van der Waals surface area (Å²) in [5.41, 5.74) is 0.841. The lowest BCUT2D eigenvalue weighted by Crippen LogP contribution is -2.44. The number of nitrogens with one attached hydrogen (secondary N) is 1. The molecule has 0 spiro atoms. The molecule has 0 aromatic heterocycles. The van der Waals surface area contributed by atoms with E-state index in [-0.39, 0.29) is 5.75 Å². The van der Waals surface area contributed by atoms with Crippen LogP contribution < -0.4 is 5.32 Å². The lowest BCUT2D eigenvalue weighted by Gasteiger charge is -2.34. The van der Waals surface area contributed by atoms with E-state index in [4.69, 9.17) is 16.3 Å². The van der Waals surface area contributed by atoms with Crippen molar-refractivity contribution in [3.8, 4) is 5.75 Å². The molecule has 2 rings (SSSR count). The normalized spacial score (nSPS) is 24.1. The van der Waals surface area contributed by atoms with E-state index >= 15 is 0 Å². The first-order valence-corrected chi connectivity index (χ1v) is 5.81. The number of phenols is 1. The maximum atomic E-state index is 9.70. The van der Waals surface area contributed by atoms with Gasteiger partial charge in [0, 0.05) is 25.3 Å². The predicted octanol–water partition coefficient (Wildman–Crippen LogP) is 2.31. The van der Waals surface area contributed by atoms with Crippen molar-refractivity contribution >= 4 is 11.6 Å². The summed E-state index contributed by atoms with van der Waals surface area (Å²) in [6.07, 6.45) is 2.47. The fourth-order valence-electron chi connectivity index (χ4n) is 1.88. The third kappa shape index (κ3) is 2.48. The van der Waals surface area contributed by atoms with Gasteiger partial charge in [0.25, 0.3) is 0 Å². The first kappa shape index (κ1) is 11.7. The van der Waals surface area contributed by atoms with Gasteiger partial charge >= 0.3 is 0 Å². The SMILES string of the molecule is COC1CC(NCc2cccc(Cl)c2O)C1. The molecule has 4 heteroatoms. The first-order chi connectivity index (χ1) is 7.70. The highest BCUT2D eigenvalue weighted by Gasteiger charge is 2.28. The van der Waals surface area contributed by atoms with Crippen molar-refractivity contribution in [1.29, 1.82) is 0 Å². The number of rotatable bonds is 4. The van der Waals surface area contributed by atoms with Gasteiger partial charge in [-0.05, 0) is 18.9 Å². The number of hydrogen-bond acceptors (Lipinski definition) is 3. The zero-order chi connectivity index (χ0) is 11.5. The molecule has 16 heavy (non-hydrogen) atoms. The third-order valence-corrected chi connectivity index (χ3v) is 3.38. The summed E-state index contributed by atoms with van der Waals surface area (Å²) in [7, 11) is 1.74. The molecule has 0 aliphatic heterocycles. The van der Waals surface area contributed by atoms with Crippen LogP contribution in [0.5, 0.6) is 5.75 Å². The fraction of sp³-hybridized carbons (Fsp3) is 0.500. The molecule has 0 bridgehead atoms. The number of para-hydroxylation sites is 1. The molecule has 3 nitrogen and oxygen atoms in total. The fourth-order valence-corrected chi connectivity index (χ4v) is 2.08. The number of benzene rings is 1. The average Bonchev–Trinajstić information content (AvgIpc) is 2.22. The van der Waals surface area contributed by atoms with Crippen LogP contribution in [0.2, 0.25) is 5.02 Å². The van der Waals surface area contributed by atoms with Crippen LogP contribution in [0.4, 0.5) is 0 Å². The standard InChI is InChI=1S/C12H16ClNO2/c1-16-10-5-9(6-10)14-7-8-3-2-4-11(13)12(8)15/h2-4,9-10,14-15H,5-7H2,1H3. The Bertz CT molecular complexity index is 364. The van der Waals surface area contributed by atoms with Crippen LogP contribution in [0, 0.1) is 0 Å². The second-order valence-electron chi connectivity index (χ2n) is 4.15. The summed E-state index contributed by atoms with van der Waals surface area (Å²) in [5, 5.41) is 13.5. The molecule has 0 saturated heterocycles. The van der Waals surface area contributed by atoms with Gasteiger partial charge in [0.2, 0.25) is 0 Å². The van der Waals surface area contributed by atoms with E-state index in [0.29, 0.717) is 23.7 Å². The van der Waals surface area contributed by atoms with Crippen LogP contribution in [0.15, 0.2) is 18.2 Å². The minimum absolute atomic E-state index is 0.180. The topological polar surface area (TPSA) is 41.5 Å². The van der Waals surface area contributed by atoms with E-state index in [2.05, 4.69) is 5.32 Å². The molecular formula is C12H16ClNO2. The molecule has 0 atom stereocenters. The first-order valence-electron chi connectivity index (χ1n) is 5.43. The maximum absolute atomic E-state index is 9.70. The highest BCUT2D eigenvalue weighted by atomic mass is 35.5. The molecule has 0 radical (unpaired) electrons. The number of phenolic OH excluding ortho intramolecular Hbond substituents is 1. The second-order valence-corrected chi connectivity index (χ2v) is 4.56. The lowest BCUT2D eigenvalue weighted by molar-refractivity contribution is 0.0169. The Morgan fingerprint density at radius 1 is 1.50 bits per heavy atom. The van der Waals surface area contributed by atoms with Gasteiger partial charge in [0.15, 0.2) is 0 Å². The molecule has 1 aliphatic carbocycles. The van der Waals surface area contributed by atoms with Crippen LogP contribution in [0.1, 0.15) is 18.4 Å². The van der Waals surface area contributed by atoms with E-state index in [0.717, 1.165) is 18.4 Å². The van der Waals surface area contributed by atoms with E-state index in [1.807, 2.05) is 12.1 Å². The van der Waals surface area contributed by atoms with Gasteiger partial charge in [-0.1, -0.05) is 23.7 Å².